The van der Waals surface area contributed by atoms with Crippen LogP contribution in [-0.2, 0) is 9.47 Å². The van der Waals surface area contributed by atoms with Gasteiger partial charge in [0.2, 0.25) is 0 Å². The molecule has 0 aromatic carbocycles. The minimum absolute atomic E-state index is 0.215. The molecule has 1 amide bonds. The van der Waals surface area contributed by atoms with E-state index in [1.807, 2.05) is 0 Å². The van der Waals surface area contributed by atoms with E-state index in [-0.39, 0.29) is 6.09 Å². The zero-order chi connectivity index (χ0) is 8.10. The van der Waals surface area contributed by atoms with E-state index in [2.05, 4.69) is 0 Å². The van der Waals surface area contributed by atoms with E-state index < -0.39 is 0 Å². The number of methoxy groups -OCH3 is 1. The van der Waals surface area contributed by atoms with Crippen LogP contribution in [-0.4, -0.2) is 44.4 Å². The Morgan fingerprint density at radius 3 is 2.64 bits per heavy atom. The molecule has 1 rings (SSSR count). The number of carbonyl (C=O) groups is 1. The standard InChI is InChI=1S/C7H13NO3/c1-10-5-6-11-7(9)8-3-2-4-8/h2-6H2,1H3. The predicted octanol–water partition coefficient (Wildman–Crippen LogP) is 0.475. The molecule has 0 aliphatic carbocycles. The van der Waals surface area contributed by atoms with Gasteiger partial charge in [-0.05, 0) is 6.42 Å². The summed E-state index contributed by atoms with van der Waals surface area (Å²) in [6.07, 6.45) is 0.882. The lowest BCUT2D eigenvalue weighted by atomic mass is 10.2. The van der Waals surface area contributed by atoms with Crippen molar-refractivity contribution in [1.29, 1.82) is 0 Å². The van der Waals surface area contributed by atoms with Crippen LogP contribution in [0.15, 0.2) is 0 Å². The molecule has 0 saturated carbocycles. The fourth-order valence-electron chi connectivity index (χ4n) is 0.802. The van der Waals surface area contributed by atoms with E-state index in [0.717, 1.165) is 19.5 Å². The molecule has 1 saturated heterocycles. The molecule has 0 radical (unpaired) electrons. The van der Waals surface area contributed by atoms with Gasteiger partial charge in [-0.15, -0.1) is 0 Å². The molecule has 0 spiro atoms. The number of hydrogen-bond donors (Lipinski definition) is 0. The van der Waals surface area contributed by atoms with Crippen molar-refractivity contribution in [2.45, 2.75) is 6.42 Å². The average molecular weight is 159 g/mol. The Morgan fingerprint density at radius 2 is 2.18 bits per heavy atom. The molecule has 64 valence electrons. The van der Waals surface area contributed by atoms with Crippen LogP contribution in [0.4, 0.5) is 4.79 Å². The minimum atomic E-state index is -0.215. The Hall–Kier alpha value is -0.770. The van der Waals surface area contributed by atoms with Gasteiger partial charge >= 0.3 is 6.09 Å². The highest BCUT2D eigenvalue weighted by Gasteiger charge is 2.20. The third-order valence-electron chi connectivity index (χ3n) is 1.63. The number of nitrogens with zero attached hydrogens (tertiary/aromatic N) is 1. The Kier molecular flexibility index (Phi) is 3.16. The molecule has 1 aliphatic heterocycles. The van der Waals surface area contributed by atoms with Crippen LogP contribution in [0.25, 0.3) is 0 Å². The molecule has 4 heteroatoms. The predicted molar refractivity (Wildman–Crippen MR) is 39.4 cm³/mol. The molecule has 1 fully saturated rings. The summed E-state index contributed by atoms with van der Waals surface area (Å²) in [6.45, 7) is 2.50. The first-order valence-corrected chi connectivity index (χ1v) is 3.75. The first-order chi connectivity index (χ1) is 5.34. The summed E-state index contributed by atoms with van der Waals surface area (Å²) >= 11 is 0. The van der Waals surface area contributed by atoms with Crippen molar-refractivity contribution >= 4 is 6.09 Å². The van der Waals surface area contributed by atoms with Crippen LogP contribution in [0.5, 0.6) is 0 Å². The first kappa shape index (κ1) is 8.33. The van der Waals surface area contributed by atoms with E-state index in [1.54, 1.807) is 12.0 Å². The van der Waals surface area contributed by atoms with Gasteiger partial charge < -0.3 is 14.4 Å². The summed E-state index contributed by atoms with van der Waals surface area (Å²) < 4.78 is 9.58. The second-order valence-corrected chi connectivity index (χ2v) is 2.45. The topological polar surface area (TPSA) is 38.8 Å². The van der Waals surface area contributed by atoms with Gasteiger partial charge in [-0.3, -0.25) is 0 Å². The number of carbonyl (C=O) groups excluding carboxylic acids is 1. The summed E-state index contributed by atoms with van der Waals surface area (Å²) in [5, 5.41) is 0. The van der Waals surface area contributed by atoms with E-state index in [0.29, 0.717) is 13.2 Å². The number of hydrogen-bond acceptors (Lipinski definition) is 3. The van der Waals surface area contributed by atoms with Crippen LogP contribution in [0.3, 0.4) is 0 Å². The van der Waals surface area contributed by atoms with Crippen LogP contribution in [0.1, 0.15) is 6.42 Å². The average Bonchev–Trinajstić information content (AvgIpc) is 1.84. The van der Waals surface area contributed by atoms with Gasteiger partial charge in [-0.2, -0.15) is 0 Å². The zero-order valence-corrected chi connectivity index (χ0v) is 6.71. The summed E-state index contributed by atoms with van der Waals surface area (Å²) in [7, 11) is 1.58. The lowest BCUT2D eigenvalue weighted by Gasteiger charge is -2.29. The molecule has 0 unspecified atom stereocenters. The summed E-state index contributed by atoms with van der Waals surface area (Å²) in [4.78, 5) is 12.6. The lowest BCUT2D eigenvalue weighted by molar-refractivity contribution is 0.0575. The second kappa shape index (κ2) is 4.18. The molecule has 4 nitrogen and oxygen atoms in total. The maximum atomic E-state index is 10.9. The highest BCUT2D eigenvalue weighted by atomic mass is 16.6. The molecule has 0 bridgehead atoms. The van der Waals surface area contributed by atoms with Gasteiger partial charge in [-0.25, -0.2) is 4.79 Å². The normalized spacial score (nSPS) is 15.9. The molecule has 1 heterocycles. The number of amides is 1. The number of rotatable bonds is 3. The first-order valence-electron chi connectivity index (χ1n) is 3.75. The van der Waals surface area contributed by atoms with Gasteiger partial charge in [0.15, 0.2) is 0 Å². The smallest absolute Gasteiger partial charge is 0.409 e. The van der Waals surface area contributed by atoms with Gasteiger partial charge in [0, 0.05) is 20.2 Å². The fraction of sp³-hybridized carbons (Fsp3) is 0.857. The zero-order valence-electron chi connectivity index (χ0n) is 6.71. The number of ether oxygens (including phenoxy) is 2. The second-order valence-electron chi connectivity index (χ2n) is 2.45. The largest absolute Gasteiger partial charge is 0.447 e. The highest BCUT2D eigenvalue weighted by Crippen LogP contribution is 2.06. The van der Waals surface area contributed by atoms with Crippen molar-refractivity contribution in [3.8, 4) is 0 Å². The molecular formula is C7H13NO3. The van der Waals surface area contributed by atoms with Gasteiger partial charge in [0.1, 0.15) is 6.61 Å². The maximum Gasteiger partial charge on any atom is 0.409 e. The van der Waals surface area contributed by atoms with E-state index in [9.17, 15) is 4.79 Å². The molecule has 0 aromatic heterocycles. The van der Waals surface area contributed by atoms with E-state index in [4.69, 9.17) is 9.47 Å². The van der Waals surface area contributed by atoms with Crippen molar-refractivity contribution in [3.63, 3.8) is 0 Å². The van der Waals surface area contributed by atoms with Gasteiger partial charge in [-0.1, -0.05) is 0 Å². The molecular weight excluding hydrogens is 146 g/mol. The Bertz CT molecular complexity index is 134. The quantitative estimate of drug-likeness (QED) is 0.562. The Balaban J connectivity index is 2.01. The summed E-state index contributed by atoms with van der Waals surface area (Å²) in [6, 6.07) is 0. The fourth-order valence-corrected chi connectivity index (χ4v) is 0.802. The van der Waals surface area contributed by atoms with Crippen LogP contribution < -0.4 is 0 Å². The summed E-state index contributed by atoms with van der Waals surface area (Å²) in [5.41, 5.74) is 0. The lowest BCUT2D eigenvalue weighted by Crippen LogP contribution is -2.42. The number of likely N-dealkylation sites (tertiary alicyclic amines) is 1. The summed E-state index contributed by atoms with van der Waals surface area (Å²) in [5.74, 6) is 0. The molecule has 0 N–H and O–H groups in total. The van der Waals surface area contributed by atoms with Crippen molar-refractivity contribution in [3.05, 3.63) is 0 Å². The van der Waals surface area contributed by atoms with E-state index in [1.165, 1.54) is 0 Å². The highest BCUT2D eigenvalue weighted by molar-refractivity contribution is 5.68. The van der Waals surface area contributed by atoms with Crippen molar-refractivity contribution in [1.82, 2.24) is 4.90 Å². The van der Waals surface area contributed by atoms with E-state index >= 15 is 0 Å². The van der Waals surface area contributed by atoms with Gasteiger partial charge in [0.25, 0.3) is 0 Å². The van der Waals surface area contributed by atoms with Crippen LogP contribution in [0, 0.1) is 0 Å². The minimum Gasteiger partial charge on any atom is -0.447 e. The Morgan fingerprint density at radius 1 is 1.45 bits per heavy atom. The third kappa shape index (κ3) is 2.38. The monoisotopic (exact) mass is 159 g/mol. The van der Waals surface area contributed by atoms with Crippen LogP contribution >= 0.6 is 0 Å². The molecule has 0 aromatic rings. The van der Waals surface area contributed by atoms with Crippen molar-refractivity contribution in [2.24, 2.45) is 0 Å². The molecule has 0 atom stereocenters. The molecule has 1 aliphatic rings. The maximum absolute atomic E-state index is 10.9. The third-order valence-corrected chi connectivity index (χ3v) is 1.63. The van der Waals surface area contributed by atoms with Crippen molar-refractivity contribution in [2.75, 3.05) is 33.4 Å². The molecule has 11 heavy (non-hydrogen) atoms. The SMILES string of the molecule is COCCOC(=O)N1CCC1. The van der Waals surface area contributed by atoms with Crippen molar-refractivity contribution < 1.29 is 14.3 Å². The van der Waals surface area contributed by atoms with Crippen LogP contribution in [0.2, 0.25) is 0 Å². The van der Waals surface area contributed by atoms with Gasteiger partial charge in [0.05, 0.1) is 6.61 Å². The Labute approximate surface area is 66.1 Å².